The van der Waals surface area contributed by atoms with E-state index in [1.165, 1.54) is 6.20 Å². The van der Waals surface area contributed by atoms with Gasteiger partial charge in [-0.1, -0.05) is 59.6 Å². The molecule has 4 N–H and O–H groups in total. The van der Waals surface area contributed by atoms with Crippen LogP contribution in [0.1, 0.15) is 22.8 Å². The molecule has 2 amide bonds. The fourth-order valence-electron chi connectivity index (χ4n) is 4.24. The van der Waals surface area contributed by atoms with E-state index in [4.69, 9.17) is 28.9 Å². The number of carbonyl (C=O) groups is 2. The quantitative estimate of drug-likeness (QED) is 0.283. The first-order chi connectivity index (χ1) is 18.9. The molecule has 0 unspecified atom stereocenters. The van der Waals surface area contributed by atoms with Crippen molar-refractivity contribution in [2.24, 2.45) is 5.73 Å². The van der Waals surface area contributed by atoms with Crippen molar-refractivity contribution < 1.29 is 9.59 Å². The maximum Gasteiger partial charge on any atom is 0.257 e. The molecule has 1 aromatic heterocycles. The number of piperazine rings is 1. The number of carbonyl (C=O) groups excluding carboxylic acids is 2. The minimum atomic E-state index is -0.321. The zero-order valence-corrected chi connectivity index (χ0v) is 23.0. The number of hydrogen-bond acceptors (Lipinski definition) is 5. The van der Waals surface area contributed by atoms with Gasteiger partial charge in [0.15, 0.2) is 0 Å². The zero-order valence-electron chi connectivity index (χ0n) is 21.5. The van der Waals surface area contributed by atoms with E-state index in [1.54, 1.807) is 36.5 Å². The standard InChI is InChI=1S/C27H22Cl2N4O2.C3H7N/c28-23-8-6-19(14-22(23)26-20-4-2-1-3-18(20)9-10-31-26)32-27(35)21-7-5-17(13-24(21)29)15-33-12-11-30-25(34)16-33;1-2-3-4/h1-10,13-14H,11-12,15-16H2,(H,30,34)(H,32,35);2-3H,4H2,1H3/b;3-2-. The van der Waals surface area contributed by atoms with Crippen molar-refractivity contribution in [1.29, 1.82) is 0 Å². The van der Waals surface area contributed by atoms with E-state index in [9.17, 15) is 9.59 Å². The second kappa shape index (κ2) is 13.2. The highest BCUT2D eigenvalue weighted by Gasteiger charge is 2.18. The van der Waals surface area contributed by atoms with Crippen LogP contribution in [0.4, 0.5) is 5.69 Å². The lowest BCUT2D eigenvalue weighted by molar-refractivity contribution is -0.124. The molecule has 2 heterocycles. The molecular formula is C30H29Cl2N5O2. The van der Waals surface area contributed by atoms with Gasteiger partial charge < -0.3 is 16.4 Å². The topological polar surface area (TPSA) is 100 Å². The van der Waals surface area contributed by atoms with Gasteiger partial charge in [-0.05, 0) is 60.5 Å². The number of nitrogens with two attached hydrogens (primary N) is 1. The van der Waals surface area contributed by atoms with Crippen molar-refractivity contribution in [1.82, 2.24) is 15.2 Å². The van der Waals surface area contributed by atoms with E-state index in [-0.39, 0.29) is 11.8 Å². The van der Waals surface area contributed by atoms with Crippen LogP contribution >= 0.6 is 23.2 Å². The van der Waals surface area contributed by atoms with E-state index in [2.05, 4.69) is 15.6 Å². The summed E-state index contributed by atoms with van der Waals surface area (Å²) >= 11 is 13.0. The van der Waals surface area contributed by atoms with E-state index < -0.39 is 0 Å². The summed E-state index contributed by atoms with van der Waals surface area (Å²) in [7, 11) is 0. The maximum absolute atomic E-state index is 13.0. The van der Waals surface area contributed by atoms with Gasteiger partial charge >= 0.3 is 0 Å². The summed E-state index contributed by atoms with van der Waals surface area (Å²) in [5.41, 5.74) is 8.22. The number of halogens is 2. The third-order valence-corrected chi connectivity index (χ3v) is 6.79. The predicted molar refractivity (Wildman–Crippen MR) is 159 cm³/mol. The molecule has 7 nitrogen and oxygen atoms in total. The number of benzene rings is 3. The maximum atomic E-state index is 13.0. The average molecular weight is 563 g/mol. The highest BCUT2D eigenvalue weighted by Crippen LogP contribution is 2.34. The Morgan fingerprint density at radius 2 is 1.90 bits per heavy atom. The van der Waals surface area contributed by atoms with E-state index in [0.29, 0.717) is 40.9 Å². The molecular weight excluding hydrogens is 533 g/mol. The summed E-state index contributed by atoms with van der Waals surface area (Å²) in [6.07, 6.45) is 5.02. The third-order valence-electron chi connectivity index (χ3n) is 6.15. The summed E-state index contributed by atoms with van der Waals surface area (Å²) in [4.78, 5) is 31.2. The zero-order chi connectivity index (χ0) is 27.8. The minimum Gasteiger partial charge on any atom is -0.405 e. The number of aromatic nitrogens is 1. The number of nitrogens with zero attached hydrogens (tertiary/aromatic N) is 2. The van der Waals surface area contributed by atoms with Crippen molar-refractivity contribution in [2.45, 2.75) is 13.5 Å². The molecule has 1 fully saturated rings. The van der Waals surface area contributed by atoms with Gasteiger partial charge in [0.2, 0.25) is 5.91 Å². The Morgan fingerprint density at radius 1 is 1.10 bits per heavy atom. The van der Waals surface area contributed by atoms with Crippen molar-refractivity contribution in [3.8, 4) is 11.3 Å². The molecule has 200 valence electrons. The van der Waals surface area contributed by atoms with Crippen LogP contribution in [0.25, 0.3) is 22.0 Å². The van der Waals surface area contributed by atoms with Crippen LogP contribution in [-0.2, 0) is 11.3 Å². The summed E-state index contributed by atoms with van der Waals surface area (Å²) in [6, 6.07) is 20.6. The van der Waals surface area contributed by atoms with Crippen LogP contribution in [0, 0.1) is 0 Å². The summed E-state index contributed by atoms with van der Waals surface area (Å²) in [5, 5.41) is 8.66. The van der Waals surface area contributed by atoms with Crippen LogP contribution in [0.3, 0.4) is 0 Å². The van der Waals surface area contributed by atoms with Crippen LogP contribution < -0.4 is 16.4 Å². The first-order valence-corrected chi connectivity index (χ1v) is 13.2. The highest BCUT2D eigenvalue weighted by atomic mass is 35.5. The SMILES string of the molecule is C/C=C\N.O=C1CN(Cc2ccc(C(=O)Nc3ccc(Cl)c(-c4nccc5ccccc45)c3)c(Cl)c2)CCN1. The predicted octanol–water partition coefficient (Wildman–Crippen LogP) is 5.87. The second-order valence-corrected chi connectivity index (χ2v) is 9.74. The number of anilines is 1. The molecule has 1 aliphatic rings. The lowest BCUT2D eigenvalue weighted by Crippen LogP contribution is -2.47. The molecule has 0 bridgehead atoms. The first-order valence-electron chi connectivity index (χ1n) is 12.4. The number of amides is 2. The molecule has 1 aliphatic heterocycles. The number of hydrogen-bond donors (Lipinski definition) is 3. The monoisotopic (exact) mass is 561 g/mol. The molecule has 4 aromatic rings. The number of fused-ring (bicyclic) bond motifs is 1. The summed E-state index contributed by atoms with van der Waals surface area (Å²) in [6.45, 7) is 4.22. The number of allylic oxidation sites excluding steroid dienone is 1. The van der Waals surface area contributed by atoms with Crippen molar-refractivity contribution >= 4 is 51.5 Å². The molecule has 3 aromatic carbocycles. The van der Waals surface area contributed by atoms with E-state index in [1.807, 2.05) is 54.3 Å². The van der Waals surface area contributed by atoms with Gasteiger partial charge in [0, 0.05) is 42.5 Å². The second-order valence-electron chi connectivity index (χ2n) is 8.93. The smallest absolute Gasteiger partial charge is 0.257 e. The lowest BCUT2D eigenvalue weighted by Gasteiger charge is -2.26. The van der Waals surface area contributed by atoms with Crippen molar-refractivity contribution in [2.75, 3.05) is 25.0 Å². The lowest BCUT2D eigenvalue weighted by atomic mass is 10.0. The third kappa shape index (κ3) is 7.15. The molecule has 0 saturated carbocycles. The number of rotatable bonds is 5. The molecule has 0 spiro atoms. The van der Waals surface area contributed by atoms with Gasteiger partial charge in [0.1, 0.15) is 0 Å². The van der Waals surface area contributed by atoms with Gasteiger partial charge in [-0.2, -0.15) is 0 Å². The molecule has 0 aliphatic carbocycles. The Bertz CT molecular complexity index is 1510. The van der Waals surface area contributed by atoms with Crippen LogP contribution in [0.5, 0.6) is 0 Å². The minimum absolute atomic E-state index is 0.0133. The number of nitrogens with one attached hydrogen (secondary N) is 2. The Hall–Kier alpha value is -3.91. The van der Waals surface area contributed by atoms with Crippen LogP contribution in [-0.4, -0.2) is 41.3 Å². The molecule has 39 heavy (non-hydrogen) atoms. The Kier molecular flexibility index (Phi) is 9.54. The van der Waals surface area contributed by atoms with Crippen molar-refractivity contribution in [3.05, 3.63) is 106 Å². The Morgan fingerprint density at radius 3 is 2.64 bits per heavy atom. The normalized spacial score (nSPS) is 13.6. The van der Waals surface area contributed by atoms with Gasteiger partial charge in [-0.25, -0.2) is 0 Å². The summed E-state index contributed by atoms with van der Waals surface area (Å²) < 4.78 is 0. The Balaban J connectivity index is 0.000000826. The van der Waals surface area contributed by atoms with Gasteiger partial charge in [-0.15, -0.1) is 0 Å². The molecule has 0 radical (unpaired) electrons. The fraction of sp³-hybridized carbons (Fsp3) is 0.167. The first kappa shape index (κ1) is 28.1. The molecule has 0 atom stereocenters. The fourth-order valence-corrected chi connectivity index (χ4v) is 4.74. The van der Waals surface area contributed by atoms with Crippen LogP contribution in [0.2, 0.25) is 10.0 Å². The average Bonchev–Trinajstić information content (AvgIpc) is 2.94. The highest BCUT2D eigenvalue weighted by molar-refractivity contribution is 6.35. The van der Waals surface area contributed by atoms with Gasteiger partial charge in [0.05, 0.1) is 27.8 Å². The van der Waals surface area contributed by atoms with Crippen LogP contribution in [0.15, 0.2) is 85.2 Å². The van der Waals surface area contributed by atoms with Crippen molar-refractivity contribution in [3.63, 3.8) is 0 Å². The molecule has 1 saturated heterocycles. The molecule has 5 rings (SSSR count). The molecule has 9 heteroatoms. The van der Waals surface area contributed by atoms with Gasteiger partial charge in [0.25, 0.3) is 5.91 Å². The summed E-state index contributed by atoms with van der Waals surface area (Å²) in [5.74, 6) is -0.308. The van der Waals surface area contributed by atoms with Gasteiger partial charge in [-0.3, -0.25) is 19.5 Å². The Labute approximate surface area is 237 Å². The largest absolute Gasteiger partial charge is 0.405 e. The number of pyridine rings is 1. The van der Waals surface area contributed by atoms with E-state index >= 15 is 0 Å². The van der Waals surface area contributed by atoms with E-state index in [0.717, 1.165) is 34.1 Å².